The highest BCUT2D eigenvalue weighted by Crippen LogP contribution is 2.32. The van der Waals surface area contributed by atoms with Gasteiger partial charge in [-0.15, -0.1) is 0 Å². The first kappa shape index (κ1) is 21.0. The summed E-state index contributed by atoms with van der Waals surface area (Å²) in [5, 5.41) is 2.69. The molecule has 1 N–H and O–H groups in total. The fraction of sp³-hybridized carbons (Fsp3) is 0.273. The van der Waals surface area contributed by atoms with Crippen molar-refractivity contribution in [2.45, 2.75) is 13.0 Å². The number of amides is 1. The van der Waals surface area contributed by atoms with Gasteiger partial charge in [-0.05, 0) is 37.3 Å². The summed E-state index contributed by atoms with van der Waals surface area (Å²) in [5.74, 6) is 1.24. The first-order chi connectivity index (χ1) is 14.5. The molecule has 3 rings (SSSR count). The van der Waals surface area contributed by atoms with Crippen LogP contribution in [-0.2, 0) is 14.3 Å². The maximum atomic E-state index is 12.3. The summed E-state index contributed by atoms with van der Waals surface area (Å²) in [4.78, 5) is 24.4. The minimum absolute atomic E-state index is 0.448. The van der Waals surface area contributed by atoms with E-state index < -0.39 is 18.0 Å². The summed E-state index contributed by atoms with van der Waals surface area (Å²) in [7, 11) is 3.08. The number of anilines is 1. The molecule has 0 unspecified atom stereocenters. The highest BCUT2D eigenvalue weighted by Gasteiger charge is 2.18. The van der Waals surface area contributed by atoms with Crippen LogP contribution in [0.2, 0.25) is 0 Å². The predicted octanol–water partition coefficient (Wildman–Crippen LogP) is 3.06. The molecule has 0 spiro atoms. The second-order valence-corrected chi connectivity index (χ2v) is 6.37. The van der Waals surface area contributed by atoms with Crippen LogP contribution >= 0.6 is 0 Å². The first-order valence-corrected chi connectivity index (χ1v) is 9.31. The van der Waals surface area contributed by atoms with E-state index in [1.165, 1.54) is 20.1 Å². The van der Waals surface area contributed by atoms with Gasteiger partial charge < -0.3 is 29.0 Å². The number of carbonyl (C=O) groups is 2. The number of rotatable bonds is 7. The monoisotopic (exact) mass is 413 g/mol. The van der Waals surface area contributed by atoms with Crippen LogP contribution in [0.3, 0.4) is 0 Å². The number of nitrogens with one attached hydrogen (secondary N) is 1. The third-order valence-corrected chi connectivity index (χ3v) is 4.31. The Balaban J connectivity index is 1.57. The van der Waals surface area contributed by atoms with Gasteiger partial charge in [0.1, 0.15) is 24.7 Å². The Labute approximate surface area is 174 Å². The predicted molar refractivity (Wildman–Crippen MR) is 110 cm³/mol. The largest absolute Gasteiger partial charge is 0.497 e. The minimum atomic E-state index is -0.992. The summed E-state index contributed by atoms with van der Waals surface area (Å²) >= 11 is 0. The van der Waals surface area contributed by atoms with Crippen LogP contribution in [0.25, 0.3) is 6.08 Å². The van der Waals surface area contributed by atoms with E-state index in [1.54, 1.807) is 49.6 Å². The molecule has 8 heteroatoms. The zero-order valence-corrected chi connectivity index (χ0v) is 17.0. The lowest BCUT2D eigenvalue weighted by molar-refractivity contribution is -0.148. The molecule has 1 amide bonds. The van der Waals surface area contributed by atoms with Crippen LogP contribution < -0.4 is 24.3 Å². The molecule has 0 fully saturated rings. The van der Waals surface area contributed by atoms with Gasteiger partial charge in [-0.1, -0.05) is 0 Å². The third kappa shape index (κ3) is 5.22. The van der Waals surface area contributed by atoms with Crippen LogP contribution in [0.4, 0.5) is 5.69 Å². The van der Waals surface area contributed by atoms with Crippen molar-refractivity contribution < 1.29 is 33.3 Å². The summed E-state index contributed by atoms with van der Waals surface area (Å²) < 4.78 is 26.5. The first-order valence-electron chi connectivity index (χ1n) is 9.31. The van der Waals surface area contributed by atoms with E-state index in [-0.39, 0.29) is 0 Å². The zero-order chi connectivity index (χ0) is 21.5. The Morgan fingerprint density at radius 2 is 1.80 bits per heavy atom. The van der Waals surface area contributed by atoms with Gasteiger partial charge in [-0.25, -0.2) is 4.79 Å². The summed E-state index contributed by atoms with van der Waals surface area (Å²) in [5.41, 5.74) is 1.19. The van der Waals surface area contributed by atoms with Crippen molar-refractivity contribution in [1.29, 1.82) is 0 Å². The molecule has 1 aliphatic heterocycles. The van der Waals surface area contributed by atoms with Crippen LogP contribution in [0, 0.1) is 0 Å². The van der Waals surface area contributed by atoms with Crippen molar-refractivity contribution in [3.63, 3.8) is 0 Å². The van der Waals surface area contributed by atoms with Gasteiger partial charge in [0.05, 0.1) is 14.2 Å². The molecule has 158 valence electrons. The summed E-state index contributed by atoms with van der Waals surface area (Å²) in [6.45, 7) is 2.43. The van der Waals surface area contributed by atoms with Crippen molar-refractivity contribution in [1.82, 2.24) is 0 Å². The smallest absolute Gasteiger partial charge is 0.331 e. The van der Waals surface area contributed by atoms with E-state index in [2.05, 4.69) is 5.32 Å². The van der Waals surface area contributed by atoms with E-state index in [9.17, 15) is 9.59 Å². The van der Waals surface area contributed by atoms with E-state index >= 15 is 0 Å². The molecule has 0 radical (unpaired) electrons. The van der Waals surface area contributed by atoms with E-state index in [0.29, 0.717) is 47.5 Å². The van der Waals surface area contributed by atoms with Crippen LogP contribution in [-0.4, -0.2) is 45.4 Å². The highest BCUT2D eigenvalue weighted by molar-refractivity contribution is 5.97. The molecule has 8 nitrogen and oxygen atoms in total. The molecular weight excluding hydrogens is 390 g/mol. The van der Waals surface area contributed by atoms with Crippen molar-refractivity contribution in [2.75, 3.05) is 32.8 Å². The van der Waals surface area contributed by atoms with Crippen LogP contribution in [0.1, 0.15) is 12.5 Å². The average molecular weight is 413 g/mol. The maximum Gasteiger partial charge on any atom is 0.331 e. The molecule has 0 bridgehead atoms. The van der Waals surface area contributed by atoms with Crippen LogP contribution in [0.5, 0.6) is 23.0 Å². The lowest BCUT2D eigenvalue weighted by atomic mass is 10.1. The Morgan fingerprint density at radius 3 is 2.53 bits per heavy atom. The van der Waals surface area contributed by atoms with Gasteiger partial charge in [-0.3, -0.25) is 4.79 Å². The van der Waals surface area contributed by atoms with Gasteiger partial charge in [0.15, 0.2) is 17.6 Å². The van der Waals surface area contributed by atoms with Crippen molar-refractivity contribution >= 4 is 23.6 Å². The van der Waals surface area contributed by atoms with Gasteiger partial charge in [-0.2, -0.15) is 0 Å². The van der Waals surface area contributed by atoms with Gasteiger partial charge in [0.2, 0.25) is 0 Å². The minimum Gasteiger partial charge on any atom is -0.497 e. The lowest BCUT2D eigenvalue weighted by Crippen LogP contribution is -2.29. The number of fused-ring (bicyclic) bond motifs is 1. The molecule has 1 aliphatic rings. The van der Waals surface area contributed by atoms with E-state index in [1.807, 2.05) is 0 Å². The number of methoxy groups -OCH3 is 2. The van der Waals surface area contributed by atoms with Crippen molar-refractivity contribution in [3.8, 4) is 23.0 Å². The topological polar surface area (TPSA) is 92.3 Å². The third-order valence-electron chi connectivity index (χ3n) is 4.31. The SMILES string of the molecule is COc1ccc(/C=C/C(=O)O[C@@H](C)C(=O)Nc2ccc3c(c2)OCCO3)c(OC)c1. The van der Waals surface area contributed by atoms with E-state index in [0.717, 1.165) is 0 Å². The fourth-order valence-electron chi connectivity index (χ4n) is 2.75. The molecule has 2 aromatic carbocycles. The zero-order valence-electron chi connectivity index (χ0n) is 17.0. The number of hydrogen-bond donors (Lipinski definition) is 1. The molecule has 0 saturated heterocycles. The molecule has 0 aromatic heterocycles. The molecule has 1 atom stereocenters. The number of esters is 1. The Kier molecular flexibility index (Phi) is 6.79. The van der Waals surface area contributed by atoms with Crippen molar-refractivity contribution in [3.05, 3.63) is 48.0 Å². The molecule has 0 saturated carbocycles. The number of benzene rings is 2. The van der Waals surface area contributed by atoms with Crippen molar-refractivity contribution in [2.24, 2.45) is 0 Å². The van der Waals surface area contributed by atoms with Gasteiger partial charge in [0, 0.05) is 29.5 Å². The Bertz CT molecular complexity index is 954. The standard InChI is InChI=1S/C22H23NO7/c1-14(22(25)23-16-6-8-18-20(12-16)29-11-10-28-18)30-21(24)9-5-15-4-7-17(26-2)13-19(15)27-3/h4-9,12-14H,10-11H2,1-3H3,(H,23,25)/b9-5+/t14-/m0/s1. The molecular formula is C22H23NO7. The molecule has 0 aliphatic carbocycles. The highest BCUT2D eigenvalue weighted by atomic mass is 16.6. The number of hydrogen-bond acceptors (Lipinski definition) is 7. The molecule has 30 heavy (non-hydrogen) atoms. The normalized spacial score (nSPS) is 13.4. The average Bonchev–Trinajstić information content (AvgIpc) is 2.77. The number of ether oxygens (including phenoxy) is 5. The second-order valence-electron chi connectivity index (χ2n) is 6.37. The second kappa shape index (κ2) is 9.69. The fourth-order valence-corrected chi connectivity index (χ4v) is 2.75. The molecule has 2 aromatic rings. The van der Waals surface area contributed by atoms with Crippen LogP contribution in [0.15, 0.2) is 42.5 Å². The Hall–Kier alpha value is -3.68. The summed E-state index contributed by atoms with van der Waals surface area (Å²) in [6, 6.07) is 10.3. The summed E-state index contributed by atoms with van der Waals surface area (Å²) in [6.07, 6.45) is 1.79. The maximum absolute atomic E-state index is 12.3. The van der Waals surface area contributed by atoms with Gasteiger partial charge >= 0.3 is 5.97 Å². The van der Waals surface area contributed by atoms with Gasteiger partial charge in [0.25, 0.3) is 5.91 Å². The van der Waals surface area contributed by atoms with E-state index in [4.69, 9.17) is 23.7 Å². The lowest BCUT2D eigenvalue weighted by Gasteiger charge is -2.19. The Morgan fingerprint density at radius 1 is 1.03 bits per heavy atom. The molecule has 1 heterocycles. The number of carbonyl (C=O) groups excluding carboxylic acids is 2. The quantitative estimate of drug-likeness (QED) is 0.551.